The quantitative estimate of drug-likeness (QED) is 0.183. The summed E-state index contributed by atoms with van der Waals surface area (Å²) in [6, 6.07) is 19.5. The highest BCUT2D eigenvalue weighted by Gasteiger charge is 2.52. The zero-order valence-electron chi connectivity index (χ0n) is 31.1. The fraction of sp³-hybridized carbons (Fsp3) is 0.435. The number of piperidine rings is 2. The maximum atomic E-state index is 15.1. The van der Waals surface area contributed by atoms with Crippen LogP contribution in [0.5, 0.6) is 0 Å². The second kappa shape index (κ2) is 13.8. The van der Waals surface area contributed by atoms with Crippen molar-refractivity contribution >= 4 is 23.2 Å². The van der Waals surface area contributed by atoms with Crippen molar-refractivity contribution in [3.05, 3.63) is 95.6 Å². The van der Waals surface area contributed by atoms with E-state index in [1.807, 2.05) is 12.1 Å². The van der Waals surface area contributed by atoms with E-state index >= 15 is 26.3 Å². The van der Waals surface area contributed by atoms with Crippen LogP contribution in [0.2, 0.25) is 0 Å². The summed E-state index contributed by atoms with van der Waals surface area (Å²) in [6.07, 6.45) is -0.0711. The molecule has 2 amide bonds. The SMILES string of the molecule is O=C1CCCCN1c1cc(-c2c(-c3ccccc3C(F)(F)F)cc(C34CC5CC(CC(C5)C3)C4)cc2-c2ccccc2C(F)(F)F)cc(N2CCCCC2=O)c1. The molecule has 6 aliphatic rings. The van der Waals surface area contributed by atoms with Crippen LogP contribution in [0, 0.1) is 17.8 Å². The number of nitrogens with zero attached hydrogens (tertiary/aromatic N) is 2. The standard InChI is InChI=1S/C46H44F6N2O2/c47-45(48,49)39-11-3-1-9-35(39)37-22-32(44-25-28-17-29(26-44)19-30(18-28)27-44)23-38(36-10-2-4-12-40(36)46(50,51)52)43(37)31-20-33(53-15-7-5-13-41(53)55)24-34(21-31)54-16-8-6-14-42(54)56/h1-4,9-12,20-24,28-30H,5-8,13-19,25-27H2. The fourth-order valence-electron chi connectivity index (χ4n) is 11.3. The summed E-state index contributed by atoms with van der Waals surface area (Å²) in [4.78, 5) is 30.1. The number of amides is 2. The van der Waals surface area contributed by atoms with Gasteiger partial charge in [0.05, 0.1) is 11.1 Å². The van der Waals surface area contributed by atoms with Gasteiger partial charge in [-0.25, -0.2) is 0 Å². The molecule has 2 heterocycles. The molecule has 2 aliphatic heterocycles. The molecule has 0 N–H and O–H groups in total. The number of carbonyl (C=O) groups excluding carboxylic acids is 2. The molecule has 6 fully saturated rings. The van der Waals surface area contributed by atoms with Crippen LogP contribution >= 0.6 is 0 Å². The minimum Gasteiger partial charge on any atom is -0.312 e. The predicted octanol–water partition coefficient (Wildman–Crippen LogP) is 12.2. The van der Waals surface area contributed by atoms with Crippen molar-refractivity contribution in [2.75, 3.05) is 22.9 Å². The van der Waals surface area contributed by atoms with Crippen LogP contribution in [0.25, 0.3) is 33.4 Å². The number of benzene rings is 4. The Morgan fingerprint density at radius 1 is 0.536 bits per heavy atom. The number of hydrogen-bond acceptors (Lipinski definition) is 2. The van der Waals surface area contributed by atoms with Crippen molar-refractivity contribution in [3.63, 3.8) is 0 Å². The minimum atomic E-state index is -4.76. The van der Waals surface area contributed by atoms with Crippen LogP contribution in [0.15, 0.2) is 78.9 Å². The van der Waals surface area contributed by atoms with Gasteiger partial charge in [-0.2, -0.15) is 26.3 Å². The monoisotopic (exact) mass is 770 g/mol. The number of hydrogen-bond donors (Lipinski definition) is 0. The average molecular weight is 771 g/mol. The lowest BCUT2D eigenvalue weighted by Gasteiger charge is -2.57. The molecule has 4 bridgehead atoms. The van der Waals surface area contributed by atoms with Crippen LogP contribution in [-0.4, -0.2) is 24.9 Å². The predicted molar refractivity (Wildman–Crippen MR) is 205 cm³/mol. The normalized spacial score (nSPS) is 25.3. The summed E-state index contributed by atoms with van der Waals surface area (Å²) in [5, 5.41) is 0. The third-order valence-corrected chi connectivity index (χ3v) is 13.3. The molecular weight excluding hydrogens is 727 g/mol. The topological polar surface area (TPSA) is 40.6 Å². The van der Waals surface area contributed by atoms with E-state index in [0.717, 1.165) is 81.9 Å². The molecule has 0 radical (unpaired) electrons. The first kappa shape index (κ1) is 37.0. The van der Waals surface area contributed by atoms with E-state index in [9.17, 15) is 9.59 Å². The van der Waals surface area contributed by atoms with Gasteiger partial charge in [-0.15, -0.1) is 0 Å². The van der Waals surface area contributed by atoms with Crippen molar-refractivity contribution in [3.8, 4) is 33.4 Å². The number of halogens is 6. The molecule has 2 saturated heterocycles. The van der Waals surface area contributed by atoms with Crippen LogP contribution in [-0.2, 0) is 27.4 Å². The Kier molecular flexibility index (Phi) is 9.12. The molecule has 4 aromatic rings. The summed E-state index contributed by atoms with van der Waals surface area (Å²) in [6.45, 7) is 0.822. The van der Waals surface area contributed by atoms with Crippen molar-refractivity contribution in [2.45, 2.75) is 94.8 Å². The fourth-order valence-corrected chi connectivity index (χ4v) is 11.3. The molecule has 292 valence electrons. The number of carbonyl (C=O) groups is 2. The third kappa shape index (κ3) is 6.60. The molecular formula is C46H44F6N2O2. The van der Waals surface area contributed by atoms with Crippen LogP contribution in [0.3, 0.4) is 0 Å². The van der Waals surface area contributed by atoms with Crippen molar-refractivity contribution in [1.82, 2.24) is 0 Å². The lowest BCUT2D eigenvalue weighted by molar-refractivity contribution is -0.137. The summed E-state index contributed by atoms with van der Waals surface area (Å²) >= 11 is 0. The molecule has 10 heteroatoms. The zero-order valence-corrected chi connectivity index (χ0v) is 31.1. The van der Waals surface area contributed by atoms with Crippen LogP contribution in [0.1, 0.15) is 93.7 Å². The maximum Gasteiger partial charge on any atom is 0.417 e. The first-order valence-electron chi connectivity index (χ1n) is 20.1. The highest BCUT2D eigenvalue weighted by molar-refractivity contribution is 6.02. The van der Waals surface area contributed by atoms with E-state index in [2.05, 4.69) is 0 Å². The molecule has 10 rings (SSSR count). The first-order chi connectivity index (χ1) is 26.8. The highest BCUT2D eigenvalue weighted by Crippen LogP contribution is 2.62. The van der Waals surface area contributed by atoms with Gasteiger partial charge in [-0.1, -0.05) is 36.4 Å². The highest BCUT2D eigenvalue weighted by atomic mass is 19.4. The second-order valence-corrected chi connectivity index (χ2v) is 17.0. The Morgan fingerprint density at radius 2 is 0.964 bits per heavy atom. The van der Waals surface area contributed by atoms with Gasteiger partial charge in [-0.3, -0.25) is 9.59 Å². The van der Waals surface area contributed by atoms with Gasteiger partial charge in [0, 0.05) is 37.3 Å². The Labute approximate surface area is 322 Å². The Balaban J connectivity index is 1.39. The molecule has 0 aromatic heterocycles. The van der Waals surface area contributed by atoms with Crippen molar-refractivity contribution in [1.29, 1.82) is 0 Å². The van der Waals surface area contributed by atoms with Crippen molar-refractivity contribution < 1.29 is 35.9 Å². The number of alkyl halides is 6. The van der Waals surface area contributed by atoms with Gasteiger partial charge < -0.3 is 9.80 Å². The summed E-state index contributed by atoms with van der Waals surface area (Å²) in [5.41, 5.74) is 0.288. The lowest BCUT2D eigenvalue weighted by Crippen LogP contribution is -2.48. The Hall–Kier alpha value is -4.60. The van der Waals surface area contributed by atoms with E-state index in [-0.39, 0.29) is 45.0 Å². The molecule has 4 aliphatic carbocycles. The molecule has 0 atom stereocenters. The maximum absolute atomic E-state index is 15.1. The van der Waals surface area contributed by atoms with E-state index in [4.69, 9.17) is 0 Å². The minimum absolute atomic E-state index is 0.119. The van der Waals surface area contributed by atoms with Gasteiger partial charge in [-0.05, 0) is 169 Å². The van der Waals surface area contributed by atoms with Crippen LogP contribution in [0.4, 0.5) is 37.7 Å². The van der Waals surface area contributed by atoms with E-state index in [1.165, 1.54) is 36.4 Å². The zero-order chi connectivity index (χ0) is 39.0. The molecule has 56 heavy (non-hydrogen) atoms. The van der Waals surface area contributed by atoms with E-state index < -0.39 is 23.5 Å². The molecule has 4 aromatic carbocycles. The third-order valence-electron chi connectivity index (χ3n) is 13.3. The molecule has 0 spiro atoms. The lowest BCUT2D eigenvalue weighted by atomic mass is 9.48. The first-order valence-corrected chi connectivity index (χ1v) is 20.1. The van der Waals surface area contributed by atoms with Gasteiger partial charge in [0.1, 0.15) is 0 Å². The molecule has 4 nitrogen and oxygen atoms in total. The molecule has 0 unspecified atom stereocenters. The smallest absolute Gasteiger partial charge is 0.312 e. The number of anilines is 2. The van der Waals surface area contributed by atoms with Gasteiger partial charge in [0.25, 0.3) is 0 Å². The van der Waals surface area contributed by atoms with Crippen LogP contribution < -0.4 is 9.80 Å². The summed E-state index contributed by atoms with van der Waals surface area (Å²) < 4.78 is 90.5. The summed E-state index contributed by atoms with van der Waals surface area (Å²) in [5.74, 6) is 1.18. The second-order valence-electron chi connectivity index (χ2n) is 17.0. The van der Waals surface area contributed by atoms with Gasteiger partial charge in [0.15, 0.2) is 0 Å². The largest absolute Gasteiger partial charge is 0.417 e. The average Bonchev–Trinajstić information content (AvgIpc) is 3.16. The summed E-state index contributed by atoms with van der Waals surface area (Å²) in [7, 11) is 0. The Bertz CT molecular complexity index is 2050. The van der Waals surface area contributed by atoms with E-state index in [1.54, 1.807) is 28.0 Å². The number of rotatable bonds is 6. The Morgan fingerprint density at radius 3 is 1.38 bits per heavy atom. The van der Waals surface area contributed by atoms with Gasteiger partial charge >= 0.3 is 12.4 Å². The van der Waals surface area contributed by atoms with Crippen molar-refractivity contribution in [2.24, 2.45) is 17.8 Å². The van der Waals surface area contributed by atoms with E-state index in [0.29, 0.717) is 60.6 Å². The van der Waals surface area contributed by atoms with Gasteiger partial charge in [0.2, 0.25) is 11.8 Å². The molecule has 4 saturated carbocycles.